The number of nitrogens with two attached hydrogens (primary N) is 1. The van der Waals surface area contributed by atoms with Gasteiger partial charge >= 0.3 is 0 Å². The van der Waals surface area contributed by atoms with Gasteiger partial charge in [0.25, 0.3) is 5.91 Å². The molecule has 2 amide bonds. The second-order valence-corrected chi connectivity index (χ2v) is 9.83. The summed E-state index contributed by atoms with van der Waals surface area (Å²) in [5, 5.41) is 58.4. The molecule has 0 aromatic heterocycles. The quantitative estimate of drug-likeness (QED) is 0.213. The largest absolute Gasteiger partial charge is 0.510 e. The van der Waals surface area contributed by atoms with Gasteiger partial charge in [0.05, 0.1) is 22.9 Å². The van der Waals surface area contributed by atoms with Gasteiger partial charge in [-0.15, -0.1) is 0 Å². The number of amides is 2. The van der Waals surface area contributed by atoms with Crippen molar-refractivity contribution in [2.24, 2.45) is 17.6 Å². The zero-order valence-corrected chi connectivity index (χ0v) is 20.0. The van der Waals surface area contributed by atoms with Gasteiger partial charge in [-0.3, -0.25) is 24.1 Å². The van der Waals surface area contributed by atoms with Crippen molar-refractivity contribution in [3.05, 3.63) is 45.9 Å². The Morgan fingerprint density at radius 1 is 1.14 bits per heavy atom. The Bertz CT molecular complexity index is 1310. The number of aromatic hydroxyl groups is 1. The Labute approximate surface area is 205 Å². The number of aliphatic hydroxyl groups is 4. The van der Waals surface area contributed by atoms with E-state index in [-0.39, 0.29) is 17.7 Å². The van der Waals surface area contributed by atoms with Crippen LogP contribution in [-0.4, -0.2) is 79.6 Å². The van der Waals surface area contributed by atoms with Crippen LogP contribution < -0.4 is 11.1 Å². The number of benzene rings is 1. The number of rotatable bonds is 3. The number of carbonyl (C=O) groups is 4. The van der Waals surface area contributed by atoms with Crippen molar-refractivity contribution in [1.82, 2.24) is 4.90 Å². The first-order valence-electron chi connectivity index (χ1n) is 11.1. The van der Waals surface area contributed by atoms with Gasteiger partial charge in [-0.2, -0.15) is 0 Å². The number of hydrogen-bond acceptors (Lipinski definition) is 10. The van der Waals surface area contributed by atoms with Crippen LogP contribution in [-0.2, 0) is 20.0 Å². The predicted octanol–water partition coefficient (Wildman–Crippen LogP) is -0.256. The van der Waals surface area contributed by atoms with E-state index in [1.165, 1.54) is 45.0 Å². The van der Waals surface area contributed by atoms with Crippen molar-refractivity contribution in [2.75, 3.05) is 19.4 Å². The maximum atomic E-state index is 13.6. The summed E-state index contributed by atoms with van der Waals surface area (Å²) < 4.78 is 0. The third kappa shape index (κ3) is 3.11. The van der Waals surface area contributed by atoms with Crippen molar-refractivity contribution < 1.29 is 44.7 Å². The van der Waals surface area contributed by atoms with Crippen LogP contribution in [0.2, 0.25) is 0 Å². The van der Waals surface area contributed by atoms with E-state index in [0.717, 1.165) is 0 Å². The number of phenols is 1. The number of nitrogens with one attached hydrogen (secondary N) is 1. The lowest BCUT2D eigenvalue weighted by Crippen LogP contribution is -2.65. The molecule has 0 heterocycles. The average Bonchev–Trinajstić information content (AvgIpc) is 2.75. The van der Waals surface area contributed by atoms with E-state index in [4.69, 9.17) is 5.73 Å². The molecule has 1 aromatic carbocycles. The second kappa shape index (κ2) is 7.88. The van der Waals surface area contributed by atoms with E-state index in [9.17, 15) is 44.7 Å². The van der Waals surface area contributed by atoms with E-state index in [0.29, 0.717) is 0 Å². The number of primary amides is 1. The zero-order valence-electron chi connectivity index (χ0n) is 20.0. The fourth-order valence-corrected chi connectivity index (χ4v) is 5.84. The monoisotopic (exact) mass is 501 g/mol. The molecule has 0 radical (unpaired) electrons. The third-order valence-electron chi connectivity index (χ3n) is 7.47. The van der Waals surface area contributed by atoms with Crippen molar-refractivity contribution >= 4 is 29.1 Å². The molecule has 0 fully saturated rings. The minimum Gasteiger partial charge on any atom is -0.510 e. The summed E-state index contributed by atoms with van der Waals surface area (Å²) in [5.41, 5.74) is -1.41. The summed E-state index contributed by atoms with van der Waals surface area (Å²) in [6.45, 7) is 2.53. The van der Waals surface area contributed by atoms with Gasteiger partial charge in [0.15, 0.2) is 17.1 Å². The summed E-state index contributed by atoms with van der Waals surface area (Å²) in [6, 6.07) is 1.48. The molecular formula is C24H27N3O9. The summed E-state index contributed by atoms with van der Waals surface area (Å²) in [4.78, 5) is 51.9. The smallest absolute Gasteiger partial charge is 0.255 e. The number of carbonyl (C=O) groups excluding carboxylic acids is 4. The Morgan fingerprint density at radius 2 is 1.75 bits per heavy atom. The molecule has 36 heavy (non-hydrogen) atoms. The van der Waals surface area contributed by atoms with Gasteiger partial charge in [-0.1, -0.05) is 6.07 Å². The van der Waals surface area contributed by atoms with Gasteiger partial charge in [-0.05, 0) is 39.1 Å². The highest BCUT2D eigenvalue weighted by Crippen LogP contribution is 2.57. The molecule has 3 aliphatic rings. The number of fused-ring (bicyclic) bond motifs is 3. The van der Waals surface area contributed by atoms with Gasteiger partial charge in [0.1, 0.15) is 17.1 Å². The van der Waals surface area contributed by atoms with E-state index < -0.39 is 86.4 Å². The summed E-state index contributed by atoms with van der Waals surface area (Å²) in [5.74, 6) is -9.16. The van der Waals surface area contributed by atoms with Crippen LogP contribution >= 0.6 is 0 Å². The number of likely N-dealkylation sites (N-methyl/N-ethyl adjacent to an activating group) is 1. The maximum Gasteiger partial charge on any atom is 0.255 e. The molecular weight excluding hydrogens is 474 g/mol. The number of aliphatic hydroxyl groups excluding tert-OH is 2. The molecule has 5 atom stereocenters. The van der Waals surface area contributed by atoms with Crippen molar-refractivity contribution in [3.8, 4) is 5.75 Å². The van der Waals surface area contributed by atoms with Crippen LogP contribution in [0.4, 0.5) is 5.69 Å². The highest BCUT2D eigenvalue weighted by molar-refractivity contribution is 6.25. The first kappa shape index (κ1) is 25.4. The predicted molar refractivity (Wildman–Crippen MR) is 124 cm³/mol. The molecule has 1 aromatic rings. The number of nitrogens with zero attached hydrogens (tertiary/aromatic N) is 1. The molecule has 0 saturated heterocycles. The molecule has 0 spiro atoms. The van der Waals surface area contributed by atoms with Crippen LogP contribution in [0, 0.1) is 11.8 Å². The van der Waals surface area contributed by atoms with Crippen molar-refractivity contribution in [3.63, 3.8) is 0 Å². The summed E-state index contributed by atoms with van der Waals surface area (Å²) in [7, 11) is 3.01. The Morgan fingerprint density at radius 3 is 2.28 bits per heavy atom. The lowest BCUT2D eigenvalue weighted by Gasteiger charge is -2.52. The lowest BCUT2D eigenvalue weighted by atomic mass is 9.55. The minimum atomic E-state index is -2.83. The number of Topliss-reactive ketones (excluding diaryl/α,β-unsaturated/α-hetero) is 2. The average molecular weight is 501 g/mol. The third-order valence-corrected chi connectivity index (χ3v) is 7.47. The summed E-state index contributed by atoms with van der Waals surface area (Å²) in [6.07, 6.45) is -0.271. The number of phenolic OH excluding ortho intramolecular Hbond substituents is 1. The van der Waals surface area contributed by atoms with Gasteiger partial charge in [0.2, 0.25) is 11.7 Å². The van der Waals surface area contributed by atoms with Crippen molar-refractivity contribution in [2.45, 2.75) is 37.5 Å². The molecule has 3 aliphatic carbocycles. The van der Waals surface area contributed by atoms with Gasteiger partial charge < -0.3 is 36.6 Å². The van der Waals surface area contributed by atoms with Gasteiger partial charge in [0, 0.05) is 24.3 Å². The van der Waals surface area contributed by atoms with Crippen LogP contribution in [0.25, 0.3) is 0 Å². The Kier molecular flexibility index (Phi) is 5.55. The SMILES string of the molecule is CC(=O)Nc1ccc2c(c1O)C(=O)C1=C(O)[C@]3(O)C(=O)C(C(N)=O)=C(O)[C@@H](N(C)C)[C@@H]3C[C@@H]1[C@]2(C)O. The van der Waals surface area contributed by atoms with Crippen LogP contribution in [0.1, 0.15) is 36.2 Å². The first-order chi connectivity index (χ1) is 16.6. The molecule has 0 aliphatic heterocycles. The molecule has 0 saturated carbocycles. The van der Waals surface area contributed by atoms with Crippen LogP contribution in [0.5, 0.6) is 5.75 Å². The van der Waals surface area contributed by atoms with E-state index in [1.54, 1.807) is 0 Å². The fourth-order valence-electron chi connectivity index (χ4n) is 5.84. The molecule has 0 unspecified atom stereocenters. The van der Waals surface area contributed by atoms with E-state index in [2.05, 4.69) is 5.32 Å². The number of anilines is 1. The summed E-state index contributed by atoms with van der Waals surface area (Å²) >= 11 is 0. The van der Waals surface area contributed by atoms with E-state index in [1.807, 2.05) is 0 Å². The van der Waals surface area contributed by atoms with Crippen molar-refractivity contribution in [1.29, 1.82) is 0 Å². The molecule has 192 valence electrons. The molecule has 12 nitrogen and oxygen atoms in total. The normalized spacial score (nSPS) is 31.7. The zero-order chi connectivity index (χ0) is 27.1. The fraction of sp³-hybridized carbons (Fsp3) is 0.417. The van der Waals surface area contributed by atoms with Crippen LogP contribution in [0.3, 0.4) is 0 Å². The standard InChI is InChI=1S/C24H27N3O9/c1-8(28)26-12-6-5-9-13(17(12)29)18(30)14-10(23(9,2)35)7-11-16(27(3)4)19(31)15(22(25)34)21(33)24(11,36)20(14)32/h5-6,10-11,16,29,31-32,35-36H,7H2,1-4H3,(H2,25,34)(H,26,28)/t10-,11-,16-,23+,24-/m0/s1. The molecule has 4 rings (SSSR count). The Hall–Kier alpha value is -3.74. The Balaban J connectivity index is 2.02. The van der Waals surface area contributed by atoms with Gasteiger partial charge in [-0.25, -0.2) is 0 Å². The maximum absolute atomic E-state index is 13.6. The molecule has 8 N–H and O–H groups in total. The highest BCUT2D eigenvalue weighted by Gasteiger charge is 2.65. The topological polar surface area (TPSA) is 211 Å². The lowest BCUT2D eigenvalue weighted by molar-refractivity contribution is -0.152. The molecule has 0 bridgehead atoms. The van der Waals surface area contributed by atoms with Crippen LogP contribution in [0.15, 0.2) is 34.8 Å². The highest BCUT2D eigenvalue weighted by atomic mass is 16.3. The van der Waals surface area contributed by atoms with E-state index >= 15 is 0 Å². The number of ketones is 2. The minimum absolute atomic E-state index is 0.00669. The molecule has 12 heteroatoms. The number of hydrogen-bond donors (Lipinski definition) is 7. The second-order valence-electron chi connectivity index (χ2n) is 9.83. The first-order valence-corrected chi connectivity index (χ1v) is 11.1.